The first-order valence-corrected chi connectivity index (χ1v) is 20.0. The molecular weight excluding hydrogens is 782 g/mol. The summed E-state index contributed by atoms with van der Waals surface area (Å²) in [7, 11) is 0. The van der Waals surface area contributed by atoms with Gasteiger partial charge in [-0.1, -0.05) is 97.1 Å². The van der Waals surface area contributed by atoms with E-state index in [2.05, 4.69) is 10.6 Å². The Labute approximate surface area is 345 Å². The van der Waals surface area contributed by atoms with Crippen LogP contribution in [0.3, 0.4) is 0 Å². The van der Waals surface area contributed by atoms with E-state index in [0.717, 1.165) is 11.1 Å². The maximum absolute atomic E-state index is 14.6. The van der Waals surface area contributed by atoms with E-state index in [1.807, 2.05) is 84.9 Å². The molecule has 17 nitrogen and oxygen atoms in total. The topological polar surface area (TPSA) is 235 Å². The summed E-state index contributed by atoms with van der Waals surface area (Å²) in [6, 6.07) is 25.0. The number of hydrogen-bond acceptors (Lipinski definition) is 15. The number of aliphatic hydroxyl groups is 5. The summed E-state index contributed by atoms with van der Waals surface area (Å²) in [5.74, 6) is -2.90. The number of fused-ring (bicyclic) bond motifs is 4. The highest BCUT2D eigenvalue weighted by molar-refractivity contribution is 5.94. The van der Waals surface area contributed by atoms with Crippen molar-refractivity contribution in [2.45, 2.75) is 86.3 Å². The number of esters is 1. The molecule has 5 fully saturated rings. The number of ether oxygens (including phenoxy) is 5. The molecule has 7 N–H and O–H groups in total. The SMILES string of the molecule is O=C(CCNC(=O)[C@@]12C[C@H]3OC(=O)[C@@H]1N(Cc1ccc(C=CCO[C@H]4O[C@H](CO)[C@H](O)[C@H](O)[C@H]4O)cc1)O[C@@H]2[C@H]1OC(c2ccccc2)(c2ccccc2)O[C@H]13)NCCO. The summed E-state index contributed by atoms with van der Waals surface area (Å²) in [5.41, 5.74) is 1.46. The lowest BCUT2D eigenvalue weighted by molar-refractivity contribution is -0.298. The Morgan fingerprint density at radius 2 is 1.53 bits per heavy atom. The van der Waals surface area contributed by atoms with Crippen LogP contribution in [0.4, 0.5) is 0 Å². The number of benzene rings is 3. The molecule has 320 valence electrons. The monoisotopic (exact) mass is 831 g/mol. The van der Waals surface area contributed by atoms with Crippen LogP contribution in [0.1, 0.15) is 35.1 Å². The lowest BCUT2D eigenvalue weighted by Gasteiger charge is -2.48. The van der Waals surface area contributed by atoms with Crippen molar-refractivity contribution in [2.24, 2.45) is 5.41 Å². The van der Waals surface area contributed by atoms with Gasteiger partial charge in [-0.3, -0.25) is 19.2 Å². The molecule has 4 saturated heterocycles. The highest BCUT2D eigenvalue weighted by Gasteiger charge is 2.76. The van der Waals surface area contributed by atoms with E-state index >= 15 is 0 Å². The first kappa shape index (κ1) is 42.1. The van der Waals surface area contributed by atoms with Crippen LogP contribution in [0.2, 0.25) is 0 Å². The number of nitrogens with zero attached hydrogens (tertiary/aromatic N) is 1. The zero-order chi connectivity index (χ0) is 42.0. The van der Waals surface area contributed by atoms with E-state index in [1.54, 1.807) is 12.2 Å². The highest BCUT2D eigenvalue weighted by Crippen LogP contribution is 2.59. The number of carbonyl (C=O) groups excluding carboxylic acids is 3. The van der Waals surface area contributed by atoms with E-state index in [-0.39, 0.29) is 51.6 Å². The van der Waals surface area contributed by atoms with Crippen molar-refractivity contribution in [3.63, 3.8) is 0 Å². The predicted octanol–water partition coefficient (Wildman–Crippen LogP) is -0.384. The Morgan fingerprint density at radius 3 is 2.20 bits per heavy atom. The molecule has 8 rings (SSSR count). The zero-order valence-electron chi connectivity index (χ0n) is 32.5. The quantitative estimate of drug-likeness (QED) is 0.0968. The summed E-state index contributed by atoms with van der Waals surface area (Å²) < 4.78 is 30.9. The van der Waals surface area contributed by atoms with E-state index < -0.39 is 90.8 Å². The Bertz CT molecular complexity index is 1960. The molecule has 2 amide bonds. The van der Waals surface area contributed by atoms with Crippen LogP contribution >= 0.6 is 0 Å². The summed E-state index contributed by atoms with van der Waals surface area (Å²) in [4.78, 5) is 47.9. The normalized spacial score (nSPS) is 33.0. The fourth-order valence-electron chi connectivity index (χ4n) is 8.88. The second-order valence-electron chi connectivity index (χ2n) is 15.5. The van der Waals surface area contributed by atoms with Crippen molar-refractivity contribution in [1.29, 1.82) is 0 Å². The number of hydroxylamine groups is 2. The Balaban J connectivity index is 1.03. The van der Waals surface area contributed by atoms with Crippen LogP contribution in [-0.4, -0.2) is 142 Å². The number of hydrogen-bond donors (Lipinski definition) is 7. The molecule has 0 radical (unpaired) electrons. The van der Waals surface area contributed by atoms with Gasteiger partial charge in [0.15, 0.2) is 12.3 Å². The van der Waals surface area contributed by atoms with Crippen LogP contribution in [0.15, 0.2) is 91.0 Å². The van der Waals surface area contributed by atoms with Crippen molar-refractivity contribution in [3.8, 4) is 0 Å². The van der Waals surface area contributed by atoms with Crippen LogP contribution in [0.5, 0.6) is 0 Å². The maximum atomic E-state index is 14.6. The number of aliphatic hydroxyl groups excluding tert-OH is 5. The molecular formula is C43H49N3O14. The van der Waals surface area contributed by atoms with Crippen LogP contribution in [0.25, 0.3) is 6.08 Å². The number of rotatable bonds is 15. The van der Waals surface area contributed by atoms with Gasteiger partial charge in [0.1, 0.15) is 54.2 Å². The van der Waals surface area contributed by atoms with Gasteiger partial charge in [0.05, 0.1) is 26.4 Å². The molecule has 2 bridgehead atoms. The molecule has 0 unspecified atom stereocenters. The van der Waals surface area contributed by atoms with E-state index in [0.29, 0.717) is 11.1 Å². The molecule has 3 aromatic carbocycles. The molecule has 11 atom stereocenters. The third-order valence-corrected chi connectivity index (χ3v) is 11.8. The summed E-state index contributed by atoms with van der Waals surface area (Å²) >= 11 is 0. The van der Waals surface area contributed by atoms with Gasteiger partial charge in [0, 0.05) is 37.1 Å². The van der Waals surface area contributed by atoms with Crippen LogP contribution < -0.4 is 10.6 Å². The Kier molecular flexibility index (Phi) is 12.5. The van der Waals surface area contributed by atoms with Crippen LogP contribution in [0, 0.1) is 5.41 Å². The van der Waals surface area contributed by atoms with Gasteiger partial charge < -0.3 is 59.9 Å². The summed E-state index contributed by atoms with van der Waals surface area (Å²) in [6.45, 7) is -0.652. The second-order valence-corrected chi connectivity index (χ2v) is 15.5. The molecule has 1 aliphatic carbocycles. The summed E-state index contributed by atoms with van der Waals surface area (Å²) in [6.07, 6.45) is -6.96. The minimum Gasteiger partial charge on any atom is -0.458 e. The minimum absolute atomic E-state index is 0.0144. The largest absolute Gasteiger partial charge is 0.458 e. The van der Waals surface area contributed by atoms with Gasteiger partial charge >= 0.3 is 5.97 Å². The van der Waals surface area contributed by atoms with Gasteiger partial charge in [0.2, 0.25) is 17.6 Å². The van der Waals surface area contributed by atoms with Gasteiger partial charge in [-0.2, -0.15) is 5.06 Å². The minimum atomic E-state index is -1.55. The van der Waals surface area contributed by atoms with Crippen molar-refractivity contribution in [2.75, 3.05) is 32.9 Å². The van der Waals surface area contributed by atoms with Gasteiger partial charge in [-0.15, -0.1) is 0 Å². The number of nitrogens with one attached hydrogen (secondary N) is 2. The van der Waals surface area contributed by atoms with E-state index in [1.165, 1.54) is 5.06 Å². The van der Waals surface area contributed by atoms with Crippen molar-refractivity contribution in [3.05, 3.63) is 113 Å². The van der Waals surface area contributed by atoms with Crippen molar-refractivity contribution < 1.29 is 68.4 Å². The average Bonchev–Trinajstić information content (AvgIpc) is 3.85. The first-order valence-electron chi connectivity index (χ1n) is 20.0. The molecule has 0 spiro atoms. The smallest absolute Gasteiger partial charge is 0.327 e. The Morgan fingerprint density at radius 1 is 0.850 bits per heavy atom. The second kappa shape index (κ2) is 17.8. The molecule has 0 aromatic heterocycles. The predicted molar refractivity (Wildman–Crippen MR) is 207 cm³/mol. The molecule has 3 aromatic rings. The van der Waals surface area contributed by atoms with Crippen LogP contribution in [-0.2, 0) is 55.2 Å². The zero-order valence-corrected chi connectivity index (χ0v) is 32.5. The molecule has 5 aliphatic rings. The standard InChI is InChI=1S/C43H49N3O14/c47-20-19-44-31(49)17-18-45-41(54)42-22-29-35-36(59-43(58-35,27-9-3-1-4-10-27)28-11-5-2-6-12-28)38(42)60-46(37(42)39(53)56-29)23-26-15-13-25(14-16-26)8-7-21-55-40-34(52)33(51)32(50)30(24-48)57-40/h1-16,29-30,32-38,40,47-48,50-52H,17-24H2,(H,44,49)(H,45,54)/t29-,30-,32+,33+,34-,35+,36+,37+,38-,40+,42+/m1/s1. The van der Waals surface area contributed by atoms with Gasteiger partial charge in [0.25, 0.3) is 0 Å². The fourth-order valence-corrected chi connectivity index (χ4v) is 8.88. The third kappa shape index (κ3) is 7.76. The fraction of sp³-hybridized carbons (Fsp3) is 0.465. The van der Waals surface area contributed by atoms with Gasteiger partial charge in [-0.05, 0) is 11.1 Å². The lowest BCUT2D eigenvalue weighted by atomic mass is 9.62. The van der Waals surface area contributed by atoms with Crippen molar-refractivity contribution in [1.82, 2.24) is 15.7 Å². The summed E-state index contributed by atoms with van der Waals surface area (Å²) in [5, 5.41) is 55.7. The van der Waals surface area contributed by atoms with E-state index in [4.69, 9.17) is 33.6 Å². The van der Waals surface area contributed by atoms with Gasteiger partial charge in [-0.25, -0.2) is 0 Å². The molecule has 60 heavy (non-hydrogen) atoms. The number of carbonyl (C=O) groups is 3. The highest BCUT2D eigenvalue weighted by atomic mass is 16.8. The van der Waals surface area contributed by atoms with E-state index in [9.17, 15) is 34.8 Å². The third-order valence-electron chi connectivity index (χ3n) is 11.8. The lowest BCUT2D eigenvalue weighted by Crippen LogP contribution is -2.69. The number of amides is 2. The molecule has 4 heterocycles. The molecule has 4 aliphatic heterocycles. The molecule has 1 saturated carbocycles. The maximum Gasteiger partial charge on any atom is 0.327 e. The first-order chi connectivity index (χ1) is 29.1. The average molecular weight is 832 g/mol. The Hall–Kier alpha value is -4.63. The molecule has 17 heteroatoms. The van der Waals surface area contributed by atoms with Crippen molar-refractivity contribution >= 4 is 23.9 Å².